The molecule has 6 nitrogen and oxygen atoms in total. The van der Waals surface area contributed by atoms with E-state index in [1.165, 1.54) is 29.2 Å². The molecule has 1 amide bonds. The van der Waals surface area contributed by atoms with Gasteiger partial charge in [-0.2, -0.15) is 4.98 Å². The van der Waals surface area contributed by atoms with E-state index in [-0.39, 0.29) is 17.9 Å². The van der Waals surface area contributed by atoms with E-state index in [0.717, 1.165) is 40.0 Å². The zero-order chi connectivity index (χ0) is 19.5. The van der Waals surface area contributed by atoms with Crippen LogP contribution in [0.4, 0.5) is 5.69 Å². The molecule has 144 valence electrons. The third-order valence-corrected chi connectivity index (χ3v) is 6.32. The first-order valence-electron chi connectivity index (χ1n) is 9.09. The van der Waals surface area contributed by atoms with Gasteiger partial charge in [-0.15, -0.1) is 11.3 Å². The Hall–Kier alpha value is -2.45. The average molecular weight is 413 g/mol. The second-order valence-electron chi connectivity index (χ2n) is 6.75. The van der Waals surface area contributed by atoms with Gasteiger partial charge in [-0.25, -0.2) is 4.98 Å². The van der Waals surface area contributed by atoms with Gasteiger partial charge in [0.05, 0.1) is 12.1 Å². The number of amides is 1. The number of nitrogens with one attached hydrogen (secondary N) is 1. The molecule has 0 aliphatic heterocycles. The Labute approximate surface area is 171 Å². The molecule has 2 heterocycles. The number of thiazole rings is 1. The highest BCUT2D eigenvalue weighted by atomic mass is 32.2. The lowest BCUT2D eigenvalue weighted by molar-refractivity contribution is -0.115. The normalized spacial score (nSPS) is 13.5. The van der Waals surface area contributed by atoms with E-state index in [2.05, 4.69) is 19.9 Å². The summed E-state index contributed by atoms with van der Waals surface area (Å²) in [6.07, 6.45) is 4.35. The van der Waals surface area contributed by atoms with E-state index in [9.17, 15) is 9.59 Å². The van der Waals surface area contributed by atoms with Crippen molar-refractivity contribution in [1.29, 1.82) is 0 Å². The monoisotopic (exact) mass is 412 g/mol. The molecule has 1 N–H and O–H groups in total. The molecule has 28 heavy (non-hydrogen) atoms. The first-order chi connectivity index (χ1) is 13.6. The quantitative estimate of drug-likeness (QED) is 0.472. The minimum absolute atomic E-state index is 0.0739. The summed E-state index contributed by atoms with van der Waals surface area (Å²) in [5.74, 6) is 0.550. The van der Waals surface area contributed by atoms with Crippen molar-refractivity contribution in [2.24, 2.45) is 0 Å². The molecule has 1 aliphatic carbocycles. The van der Waals surface area contributed by atoms with E-state index in [4.69, 9.17) is 0 Å². The molecule has 4 rings (SSSR count). The highest BCUT2D eigenvalue weighted by Crippen LogP contribution is 2.37. The van der Waals surface area contributed by atoms with E-state index >= 15 is 0 Å². The maximum absolute atomic E-state index is 12.3. The first kappa shape index (κ1) is 18.9. The van der Waals surface area contributed by atoms with Gasteiger partial charge in [0.15, 0.2) is 5.16 Å². The summed E-state index contributed by atoms with van der Waals surface area (Å²) < 4.78 is 2.08. The predicted octanol–water partition coefficient (Wildman–Crippen LogP) is 3.82. The van der Waals surface area contributed by atoms with E-state index in [1.54, 1.807) is 0 Å². The summed E-state index contributed by atoms with van der Waals surface area (Å²) in [4.78, 5) is 32.6. The Bertz CT molecular complexity index is 1060. The summed E-state index contributed by atoms with van der Waals surface area (Å²) in [6, 6.07) is 9.68. The highest BCUT2D eigenvalue weighted by Gasteiger charge is 2.25. The molecular formula is C20H20N4O2S2. The Morgan fingerprint density at radius 3 is 2.89 bits per heavy atom. The number of anilines is 1. The lowest BCUT2D eigenvalue weighted by Gasteiger charge is -2.09. The fourth-order valence-corrected chi connectivity index (χ4v) is 4.65. The van der Waals surface area contributed by atoms with Crippen LogP contribution in [0, 0.1) is 6.92 Å². The van der Waals surface area contributed by atoms with Gasteiger partial charge in [-0.3, -0.25) is 9.59 Å². The molecule has 0 unspecified atom stereocenters. The summed E-state index contributed by atoms with van der Waals surface area (Å²) in [7, 11) is 0. The first-order valence-corrected chi connectivity index (χ1v) is 11.0. The molecule has 0 saturated heterocycles. The Morgan fingerprint density at radius 2 is 2.11 bits per heavy atom. The van der Waals surface area contributed by atoms with Crippen molar-refractivity contribution in [2.45, 2.75) is 43.1 Å². The molecule has 0 bridgehead atoms. The van der Waals surface area contributed by atoms with Crippen LogP contribution in [0.3, 0.4) is 0 Å². The number of para-hydroxylation sites is 1. The van der Waals surface area contributed by atoms with Gasteiger partial charge in [-0.05, 0) is 31.4 Å². The van der Waals surface area contributed by atoms with Crippen molar-refractivity contribution in [1.82, 2.24) is 14.5 Å². The minimum Gasteiger partial charge on any atom is -0.325 e. The standard InChI is InChI=1S/C20H20N4O2S2/c1-13-4-2-3-5-16(13)22-18(26)10-19-21-14(11-27-19)12-28-20-23-17(25)8-9-24(20)15-6-7-15/h2-5,8-9,11,15H,6-7,10,12H2,1H3,(H,22,26). The number of carbonyl (C=O) groups is 1. The van der Waals surface area contributed by atoms with Gasteiger partial charge in [0.25, 0.3) is 5.56 Å². The topological polar surface area (TPSA) is 76.9 Å². The van der Waals surface area contributed by atoms with Gasteiger partial charge in [-0.1, -0.05) is 30.0 Å². The number of nitrogens with zero attached hydrogens (tertiary/aromatic N) is 3. The smallest absolute Gasteiger partial charge is 0.273 e. The minimum atomic E-state index is -0.216. The van der Waals surface area contributed by atoms with Gasteiger partial charge in [0.1, 0.15) is 5.01 Å². The average Bonchev–Trinajstić information content (AvgIpc) is 3.42. The van der Waals surface area contributed by atoms with Crippen molar-refractivity contribution in [2.75, 3.05) is 5.32 Å². The van der Waals surface area contributed by atoms with Gasteiger partial charge >= 0.3 is 0 Å². The van der Waals surface area contributed by atoms with Crippen molar-refractivity contribution >= 4 is 34.7 Å². The SMILES string of the molecule is Cc1ccccc1NC(=O)Cc1nc(CSc2nc(=O)ccn2C2CC2)cs1. The molecule has 0 atom stereocenters. The fraction of sp³-hybridized carbons (Fsp3) is 0.300. The molecule has 8 heteroatoms. The van der Waals surface area contributed by atoms with Gasteiger partial charge in [0, 0.05) is 35.1 Å². The molecule has 3 aromatic rings. The largest absolute Gasteiger partial charge is 0.325 e. The maximum Gasteiger partial charge on any atom is 0.273 e. The number of aromatic nitrogens is 3. The molecule has 2 aromatic heterocycles. The highest BCUT2D eigenvalue weighted by molar-refractivity contribution is 7.98. The molecule has 0 spiro atoms. The summed E-state index contributed by atoms with van der Waals surface area (Å²) in [5.41, 5.74) is 2.54. The Balaban J connectivity index is 1.36. The van der Waals surface area contributed by atoms with Gasteiger partial charge in [0.2, 0.25) is 5.91 Å². The lowest BCUT2D eigenvalue weighted by atomic mass is 10.2. The molecular weight excluding hydrogens is 392 g/mol. The number of thioether (sulfide) groups is 1. The second kappa shape index (κ2) is 8.28. The Kier molecular flexibility index (Phi) is 5.59. The van der Waals surface area contributed by atoms with Crippen LogP contribution in [0.1, 0.15) is 35.1 Å². The van der Waals surface area contributed by atoms with Crippen LogP contribution in [0.15, 0.2) is 51.9 Å². The zero-order valence-electron chi connectivity index (χ0n) is 15.4. The van der Waals surface area contributed by atoms with Crippen LogP contribution in [-0.4, -0.2) is 20.4 Å². The third-order valence-electron chi connectivity index (χ3n) is 4.42. The fourth-order valence-electron chi connectivity index (χ4n) is 2.81. The third kappa shape index (κ3) is 4.69. The number of aryl methyl sites for hydroxylation is 1. The summed E-state index contributed by atoms with van der Waals surface area (Å²) in [5, 5.41) is 6.42. The van der Waals surface area contributed by atoms with Crippen LogP contribution in [0.2, 0.25) is 0 Å². The second-order valence-corrected chi connectivity index (χ2v) is 8.63. The lowest BCUT2D eigenvalue weighted by Crippen LogP contribution is -2.15. The van der Waals surface area contributed by atoms with E-state index < -0.39 is 0 Å². The van der Waals surface area contributed by atoms with Crippen molar-refractivity contribution < 1.29 is 4.79 Å². The van der Waals surface area contributed by atoms with Crippen molar-refractivity contribution in [3.63, 3.8) is 0 Å². The molecule has 1 aromatic carbocycles. The van der Waals surface area contributed by atoms with Crippen LogP contribution < -0.4 is 10.9 Å². The Morgan fingerprint density at radius 1 is 1.29 bits per heavy atom. The zero-order valence-corrected chi connectivity index (χ0v) is 17.1. The number of hydrogen-bond acceptors (Lipinski definition) is 6. The number of hydrogen-bond donors (Lipinski definition) is 1. The number of rotatable bonds is 7. The van der Waals surface area contributed by atoms with Crippen LogP contribution >= 0.6 is 23.1 Å². The van der Waals surface area contributed by atoms with E-state index in [0.29, 0.717) is 11.8 Å². The number of carbonyl (C=O) groups excluding carboxylic acids is 1. The number of benzene rings is 1. The molecule has 1 fully saturated rings. The molecule has 1 saturated carbocycles. The summed E-state index contributed by atoms with van der Waals surface area (Å²) in [6.45, 7) is 1.97. The van der Waals surface area contributed by atoms with Crippen molar-refractivity contribution in [3.05, 3.63) is 68.5 Å². The van der Waals surface area contributed by atoms with Crippen molar-refractivity contribution in [3.8, 4) is 0 Å². The van der Waals surface area contributed by atoms with Gasteiger partial charge < -0.3 is 9.88 Å². The van der Waals surface area contributed by atoms with Crippen LogP contribution in [0.5, 0.6) is 0 Å². The summed E-state index contributed by atoms with van der Waals surface area (Å²) >= 11 is 2.99. The predicted molar refractivity (Wildman–Crippen MR) is 112 cm³/mol. The maximum atomic E-state index is 12.3. The molecule has 0 radical (unpaired) electrons. The van der Waals surface area contributed by atoms with E-state index in [1.807, 2.05) is 42.8 Å². The van der Waals surface area contributed by atoms with Crippen LogP contribution in [0.25, 0.3) is 0 Å². The van der Waals surface area contributed by atoms with Crippen LogP contribution in [-0.2, 0) is 17.0 Å². The molecule has 1 aliphatic rings.